The highest BCUT2D eigenvalue weighted by Gasteiger charge is 2.17. The van der Waals surface area contributed by atoms with Gasteiger partial charge in [0.2, 0.25) is 0 Å². The van der Waals surface area contributed by atoms with Crippen LogP contribution < -0.4 is 10.5 Å². The number of benzene rings is 1. The molecule has 0 amide bonds. The second kappa shape index (κ2) is 7.08. The Bertz CT molecular complexity index is 423. The highest BCUT2D eigenvalue weighted by atomic mass is 35.5. The normalized spacial score (nSPS) is 10.2. The SMILES string of the molecule is CCOC(=O)c1ccc(Cl)c(OCCOC)c1N. The second-order valence-electron chi connectivity index (χ2n) is 3.40. The number of esters is 1. The molecule has 1 rings (SSSR count). The van der Waals surface area contributed by atoms with Crippen molar-refractivity contribution in [3.63, 3.8) is 0 Å². The van der Waals surface area contributed by atoms with E-state index in [1.807, 2.05) is 0 Å². The quantitative estimate of drug-likeness (QED) is 0.488. The number of hydrogen-bond acceptors (Lipinski definition) is 5. The molecule has 0 saturated heterocycles. The molecule has 0 unspecified atom stereocenters. The first-order valence-electron chi connectivity index (χ1n) is 5.48. The monoisotopic (exact) mass is 273 g/mol. The largest absolute Gasteiger partial charge is 0.487 e. The Kier molecular flexibility index (Phi) is 5.74. The topological polar surface area (TPSA) is 70.8 Å². The molecule has 18 heavy (non-hydrogen) atoms. The fourth-order valence-corrected chi connectivity index (χ4v) is 1.55. The first kappa shape index (κ1) is 14.6. The molecule has 0 bridgehead atoms. The highest BCUT2D eigenvalue weighted by molar-refractivity contribution is 6.32. The van der Waals surface area contributed by atoms with Gasteiger partial charge in [0.25, 0.3) is 0 Å². The number of hydrogen-bond donors (Lipinski definition) is 1. The van der Waals surface area contributed by atoms with Gasteiger partial charge in [0.1, 0.15) is 6.61 Å². The maximum Gasteiger partial charge on any atom is 0.340 e. The summed E-state index contributed by atoms with van der Waals surface area (Å²) in [6.07, 6.45) is 0. The van der Waals surface area contributed by atoms with Crippen LogP contribution in [-0.2, 0) is 9.47 Å². The number of rotatable bonds is 6. The molecule has 0 aliphatic rings. The van der Waals surface area contributed by atoms with E-state index in [0.717, 1.165) is 0 Å². The number of halogens is 1. The molecule has 0 radical (unpaired) electrons. The van der Waals surface area contributed by atoms with Gasteiger partial charge in [0.05, 0.1) is 29.5 Å². The summed E-state index contributed by atoms with van der Waals surface area (Å²) in [4.78, 5) is 11.6. The number of carbonyl (C=O) groups is 1. The number of anilines is 1. The number of methoxy groups -OCH3 is 1. The van der Waals surface area contributed by atoms with E-state index in [4.69, 9.17) is 31.5 Å². The third-order valence-electron chi connectivity index (χ3n) is 2.18. The van der Waals surface area contributed by atoms with E-state index in [-0.39, 0.29) is 23.6 Å². The molecule has 2 N–H and O–H groups in total. The average Bonchev–Trinajstić information content (AvgIpc) is 2.33. The number of nitrogens with two attached hydrogens (primary N) is 1. The molecule has 0 heterocycles. The van der Waals surface area contributed by atoms with E-state index in [1.165, 1.54) is 6.07 Å². The first-order valence-corrected chi connectivity index (χ1v) is 5.86. The van der Waals surface area contributed by atoms with Gasteiger partial charge in [-0.2, -0.15) is 0 Å². The average molecular weight is 274 g/mol. The fourth-order valence-electron chi connectivity index (χ4n) is 1.33. The van der Waals surface area contributed by atoms with Crippen molar-refractivity contribution in [2.45, 2.75) is 6.92 Å². The van der Waals surface area contributed by atoms with Crippen molar-refractivity contribution in [1.82, 2.24) is 0 Å². The van der Waals surface area contributed by atoms with Crippen LogP contribution in [0.15, 0.2) is 12.1 Å². The minimum absolute atomic E-state index is 0.178. The summed E-state index contributed by atoms with van der Waals surface area (Å²) < 4.78 is 15.1. The summed E-state index contributed by atoms with van der Waals surface area (Å²) in [5, 5.41) is 0.344. The van der Waals surface area contributed by atoms with Gasteiger partial charge in [-0.05, 0) is 19.1 Å². The zero-order chi connectivity index (χ0) is 13.5. The summed E-state index contributed by atoms with van der Waals surface area (Å²) in [6, 6.07) is 3.06. The van der Waals surface area contributed by atoms with Gasteiger partial charge >= 0.3 is 5.97 Å². The third-order valence-corrected chi connectivity index (χ3v) is 2.47. The summed E-state index contributed by atoms with van der Waals surface area (Å²) >= 11 is 5.96. The molecule has 5 nitrogen and oxygen atoms in total. The molecule has 0 fully saturated rings. The van der Waals surface area contributed by atoms with E-state index < -0.39 is 5.97 Å². The van der Waals surface area contributed by atoms with Crippen molar-refractivity contribution in [1.29, 1.82) is 0 Å². The standard InChI is InChI=1S/C12H16ClNO4/c1-3-17-12(15)8-4-5-9(13)11(10(8)14)18-7-6-16-2/h4-5H,3,6-7,14H2,1-2H3. The Morgan fingerprint density at radius 2 is 2.11 bits per heavy atom. The van der Waals surface area contributed by atoms with Crippen molar-refractivity contribution in [3.8, 4) is 5.75 Å². The molecule has 0 aliphatic carbocycles. The molecule has 1 aromatic carbocycles. The molecule has 0 aromatic heterocycles. The van der Waals surface area contributed by atoms with Crippen molar-refractivity contribution in [3.05, 3.63) is 22.7 Å². The molecular formula is C12H16ClNO4. The van der Waals surface area contributed by atoms with E-state index in [1.54, 1.807) is 20.1 Å². The lowest BCUT2D eigenvalue weighted by Crippen LogP contribution is -2.11. The molecular weight excluding hydrogens is 258 g/mol. The number of ether oxygens (including phenoxy) is 3. The van der Waals surface area contributed by atoms with Gasteiger partial charge in [-0.3, -0.25) is 0 Å². The van der Waals surface area contributed by atoms with Gasteiger partial charge in [0.15, 0.2) is 5.75 Å². The summed E-state index contributed by atoms with van der Waals surface area (Å²) in [5.74, 6) is -0.220. The molecule has 0 saturated carbocycles. The molecule has 0 atom stereocenters. The predicted octanol–water partition coefficient (Wildman–Crippen LogP) is 2.12. The molecule has 0 spiro atoms. The lowest BCUT2D eigenvalue weighted by molar-refractivity contribution is 0.0527. The lowest BCUT2D eigenvalue weighted by Gasteiger charge is -2.13. The van der Waals surface area contributed by atoms with Crippen molar-refractivity contribution in [2.75, 3.05) is 32.7 Å². The van der Waals surface area contributed by atoms with Crippen LogP contribution in [0.5, 0.6) is 5.75 Å². The Labute approximate surface area is 111 Å². The molecule has 100 valence electrons. The van der Waals surface area contributed by atoms with E-state index in [2.05, 4.69) is 0 Å². The Hall–Kier alpha value is -1.46. The minimum atomic E-state index is -0.497. The van der Waals surface area contributed by atoms with Crippen LogP contribution in [0.4, 0.5) is 5.69 Å². The highest BCUT2D eigenvalue weighted by Crippen LogP contribution is 2.34. The van der Waals surface area contributed by atoms with Crippen LogP contribution in [-0.4, -0.2) is 32.9 Å². The Morgan fingerprint density at radius 1 is 1.39 bits per heavy atom. The Morgan fingerprint density at radius 3 is 2.72 bits per heavy atom. The van der Waals surface area contributed by atoms with Crippen LogP contribution in [0, 0.1) is 0 Å². The zero-order valence-electron chi connectivity index (χ0n) is 10.4. The summed E-state index contributed by atoms with van der Waals surface area (Å²) in [5.41, 5.74) is 6.27. The maximum absolute atomic E-state index is 11.6. The molecule has 1 aromatic rings. The van der Waals surface area contributed by atoms with Crippen molar-refractivity contribution in [2.24, 2.45) is 0 Å². The summed E-state index contributed by atoms with van der Waals surface area (Å²) in [7, 11) is 1.56. The van der Waals surface area contributed by atoms with Crippen LogP contribution in [0.1, 0.15) is 17.3 Å². The third kappa shape index (κ3) is 3.51. The van der Waals surface area contributed by atoms with Crippen LogP contribution in [0.2, 0.25) is 5.02 Å². The molecule has 6 heteroatoms. The van der Waals surface area contributed by atoms with E-state index >= 15 is 0 Å². The van der Waals surface area contributed by atoms with Gasteiger partial charge in [-0.15, -0.1) is 0 Å². The van der Waals surface area contributed by atoms with Gasteiger partial charge < -0.3 is 19.9 Å². The van der Waals surface area contributed by atoms with Crippen molar-refractivity contribution < 1.29 is 19.0 Å². The van der Waals surface area contributed by atoms with Gasteiger partial charge in [0, 0.05) is 7.11 Å². The van der Waals surface area contributed by atoms with Crippen molar-refractivity contribution >= 4 is 23.3 Å². The maximum atomic E-state index is 11.6. The van der Waals surface area contributed by atoms with Crippen LogP contribution in [0.25, 0.3) is 0 Å². The van der Waals surface area contributed by atoms with Gasteiger partial charge in [-0.25, -0.2) is 4.79 Å². The Balaban J connectivity index is 2.95. The number of nitrogen functional groups attached to an aromatic ring is 1. The van der Waals surface area contributed by atoms with Crippen LogP contribution >= 0.6 is 11.6 Å². The van der Waals surface area contributed by atoms with Gasteiger partial charge in [-0.1, -0.05) is 11.6 Å². The summed E-state index contributed by atoms with van der Waals surface area (Å²) in [6.45, 7) is 2.70. The lowest BCUT2D eigenvalue weighted by atomic mass is 10.1. The zero-order valence-corrected chi connectivity index (χ0v) is 11.1. The van der Waals surface area contributed by atoms with E-state index in [0.29, 0.717) is 18.2 Å². The molecule has 0 aliphatic heterocycles. The first-order chi connectivity index (χ1) is 8.61. The van der Waals surface area contributed by atoms with E-state index in [9.17, 15) is 4.79 Å². The fraction of sp³-hybridized carbons (Fsp3) is 0.417. The predicted molar refractivity (Wildman–Crippen MR) is 69.2 cm³/mol. The minimum Gasteiger partial charge on any atom is -0.487 e. The second-order valence-corrected chi connectivity index (χ2v) is 3.81. The smallest absolute Gasteiger partial charge is 0.340 e. The van der Waals surface area contributed by atoms with Crippen LogP contribution in [0.3, 0.4) is 0 Å². The number of carbonyl (C=O) groups excluding carboxylic acids is 1.